The summed E-state index contributed by atoms with van der Waals surface area (Å²) in [6, 6.07) is 6.30. The summed E-state index contributed by atoms with van der Waals surface area (Å²) in [5.41, 5.74) is 2.68. The molecule has 106 valence electrons. The summed E-state index contributed by atoms with van der Waals surface area (Å²) in [5, 5.41) is 4.32. The number of halogens is 1. The van der Waals surface area contributed by atoms with Crippen LogP contribution in [0.1, 0.15) is 25.3 Å². The van der Waals surface area contributed by atoms with Crippen LogP contribution in [0.15, 0.2) is 18.2 Å². The van der Waals surface area contributed by atoms with E-state index in [1.807, 2.05) is 6.07 Å². The van der Waals surface area contributed by atoms with Gasteiger partial charge in [-0.1, -0.05) is 18.5 Å². The van der Waals surface area contributed by atoms with Crippen molar-refractivity contribution in [2.75, 3.05) is 36.0 Å². The van der Waals surface area contributed by atoms with Crippen LogP contribution in [0.4, 0.5) is 5.69 Å². The Morgan fingerprint density at radius 2 is 2.21 bits per heavy atom. The topological polar surface area (TPSA) is 15.3 Å². The van der Waals surface area contributed by atoms with Crippen LogP contribution in [0.5, 0.6) is 0 Å². The van der Waals surface area contributed by atoms with Crippen molar-refractivity contribution in [3.05, 3.63) is 28.8 Å². The highest BCUT2D eigenvalue weighted by molar-refractivity contribution is 7.99. The van der Waals surface area contributed by atoms with Crippen LogP contribution in [0.2, 0.25) is 5.02 Å². The molecule has 1 aliphatic heterocycles. The number of hydrogen-bond acceptors (Lipinski definition) is 3. The van der Waals surface area contributed by atoms with E-state index in [9.17, 15) is 0 Å². The van der Waals surface area contributed by atoms with Crippen molar-refractivity contribution in [2.45, 2.75) is 26.3 Å². The number of nitrogens with zero attached hydrogens (tertiary/aromatic N) is 1. The minimum atomic E-state index is 0.834. The highest BCUT2D eigenvalue weighted by Crippen LogP contribution is 2.26. The Labute approximate surface area is 125 Å². The van der Waals surface area contributed by atoms with E-state index in [-0.39, 0.29) is 0 Å². The summed E-state index contributed by atoms with van der Waals surface area (Å²) in [6.45, 7) is 6.47. The van der Waals surface area contributed by atoms with Gasteiger partial charge in [0.1, 0.15) is 0 Å². The van der Waals surface area contributed by atoms with Crippen molar-refractivity contribution in [1.82, 2.24) is 5.32 Å². The molecule has 1 aromatic carbocycles. The number of anilines is 1. The number of thioether (sulfide) groups is 1. The van der Waals surface area contributed by atoms with Gasteiger partial charge < -0.3 is 10.2 Å². The molecule has 4 heteroatoms. The molecule has 1 aromatic rings. The Morgan fingerprint density at radius 3 is 3.05 bits per heavy atom. The fourth-order valence-corrected chi connectivity index (χ4v) is 3.47. The molecule has 1 aliphatic rings. The second-order valence-electron chi connectivity index (χ2n) is 4.90. The first kappa shape index (κ1) is 15.0. The van der Waals surface area contributed by atoms with Gasteiger partial charge in [-0.2, -0.15) is 11.8 Å². The van der Waals surface area contributed by atoms with Crippen LogP contribution in [0.3, 0.4) is 0 Å². The molecule has 1 heterocycles. The van der Waals surface area contributed by atoms with E-state index in [1.54, 1.807) is 0 Å². The Hall–Kier alpha value is -0.380. The summed E-state index contributed by atoms with van der Waals surface area (Å²) in [5.74, 6) is 2.51. The van der Waals surface area contributed by atoms with E-state index in [0.717, 1.165) is 37.6 Å². The molecule has 0 unspecified atom stereocenters. The predicted molar refractivity (Wildman–Crippen MR) is 87.6 cm³/mol. The van der Waals surface area contributed by atoms with Crippen molar-refractivity contribution in [3.63, 3.8) is 0 Å². The van der Waals surface area contributed by atoms with Gasteiger partial charge in [0, 0.05) is 36.1 Å². The van der Waals surface area contributed by atoms with Gasteiger partial charge in [-0.3, -0.25) is 0 Å². The van der Waals surface area contributed by atoms with Gasteiger partial charge in [-0.25, -0.2) is 0 Å². The van der Waals surface area contributed by atoms with Gasteiger partial charge in [0.2, 0.25) is 0 Å². The van der Waals surface area contributed by atoms with Gasteiger partial charge in [0.05, 0.1) is 0 Å². The molecule has 0 aliphatic carbocycles. The summed E-state index contributed by atoms with van der Waals surface area (Å²) in [7, 11) is 0. The van der Waals surface area contributed by atoms with Crippen LogP contribution in [-0.2, 0) is 6.54 Å². The maximum absolute atomic E-state index is 6.15. The smallest absolute Gasteiger partial charge is 0.0413 e. The van der Waals surface area contributed by atoms with Crippen LogP contribution < -0.4 is 10.2 Å². The van der Waals surface area contributed by atoms with Crippen LogP contribution >= 0.6 is 23.4 Å². The third-order valence-electron chi connectivity index (χ3n) is 3.35. The van der Waals surface area contributed by atoms with Crippen LogP contribution in [0, 0.1) is 0 Å². The van der Waals surface area contributed by atoms with Crippen molar-refractivity contribution >= 4 is 29.1 Å². The third kappa shape index (κ3) is 4.59. The fraction of sp³-hybridized carbons (Fsp3) is 0.600. The quantitative estimate of drug-likeness (QED) is 0.833. The predicted octanol–water partition coefficient (Wildman–Crippen LogP) is 3.78. The molecule has 1 fully saturated rings. The molecule has 0 radical (unpaired) electrons. The zero-order valence-corrected chi connectivity index (χ0v) is 13.2. The van der Waals surface area contributed by atoms with Crippen LogP contribution in [-0.4, -0.2) is 31.1 Å². The second-order valence-corrected chi connectivity index (χ2v) is 6.56. The summed E-state index contributed by atoms with van der Waals surface area (Å²) >= 11 is 8.21. The minimum absolute atomic E-state index is 0.834. The zero-order chi connectivity index (χ0) is 13.5. The molecule has 1 saturated heterocycles. The van der Waals surface area contributed by atoms with E-state index in [1.165, 1.54) is 29.2 Å². The lowest BCUT2D eigenvalue weighted by Crippen LogP contribution is -2.27. The Morgan fingerprint density at radius 1 is 1.32 bits per heavy atom. The molecule has 0 saturated carbocycles. The first-order valence-corrected chi connectivity index (χ1v) is 8.66. The molecule has 0 aromatic heterocycles. The van der Waals surface area contributed by atoms with Gasteiger partial charge in [-0.05, 0) is 48.9 Å². The number of benzene rings is 1. The molecular weight excluding hydrogens is 276 g/mol. The van der Waals surface area contributed by atoms with Gasteiger partial charge in [0.15, 0.2) is 0 Å². The second kappa shape index (κ2) is 8.03. The minimum Gasteiger partial charge on any atom is -0.370 e. The van der Waals surface area contributed by atoms with Gasteiger partial charge in [-0.15, -0.1) is 0 Å². The Bertz CT molecular complexity index is 390. The molecule has 0 spiro atoms. The molecule has 0 atom stereocenters. The number of hydrogen-bond donors (Lipinski definition) is 1. The van der Waals surface area contributed by atoms with E-state index < -0.39 is 0 Å². The van der Waals surface area contributed by atoms with Gasteiger partial charge >= 0.3 is 0 Å². The van der Waals surface area contributed by atoms with Gasteiger partial charge in [0.25, 0.3) is 0 Å². The Balaban J connectivity index is 2.12. The average Bonchev–Trinajstić information content (AvgIpc) is 2.68. The van der Waals surface area contributed by atoms with Crippen molar-refractivity contribution in [1.29, 1.82) is 0 Å². The fourth-order valence-electron chi connectivity index (χ4n) is 2.39. The summed E-state index contributed by atoms with van der Waals surface area (Å²) < 4.78 is 0. The standard InChI is InChI=1S/C15H23ClN2S/c1-2-6-17-12-13-11-14(16)4-5-15(13)18-7-3-9-19-10-8-18/h4-5,11,17H,2-3,6-10,12H2,1H3. The first-order valence-electron chi connectivity index (χ1n) is 7.13. The number of nitrogens with one attached hydrogen (secondary N) is 1. The largest absolute Gasteiger partial charge is 0.370 e. The van der Waals surface area contributed by atoms with E-state index >= 15 is 0 Å². The molecule has 0 amide bonds. The summed E-state index contributed by atoms with van der Waals surface area (Å²) in [6.07, 6.45) is 2.44. The molecule has 2 nitrogen and oxygen atoms in total. The van der Waals surface area contributed by atoms with E-state index in [4.69, 9.17) is 11.6 Å². The van der Waals surface area contributed by atoms with Crippen molar-refractivity contribution in [2.24, 2.45) is 0 Å². The lowest BCUT2D eigenvalue weighted by molar-refractivity contribution is 0.672. The lowest BCUT2D eigenvalue weighted by Gasteiger charge is -2.25. The normalized spacial score (nSPS) is 16.4. The van der Waals surface area contributed by atoms with E-state index in [0.29, 0.717) is 0 Å². The molecule has 0 bridgehead atoms. The molecule has 2 rings (SSSR count). The third-order valence-corrected chi connectivity index (χ3v) is 4.63. The zero-order valence-electron chi connectivity index (χ0n) is 11.6. The number of rotatable bonds is 5. The maximum atomic E-state index is 6.15. The highest BCUT2D eigenvalue weighted by Gasteiger charge is 2.13. The monoisotopic (exact) mass is 298 g/mol. The molecule has 19 heavy (non-hydrogen) atoms. The van der Waals surface area contributed by atoms with Crippen molar-refractivity contribution < 1.29 is 0 Å². The molecule has 1 N–H and O–H groups in total. The Kier molecular flexibility index (Phi) is 6.35. The summed E-state index contributed by atoms with van der Waals surface area (Å²) in [4.78, 5) is 2.51. The highest BCUT2D eigenvalue weighted by atomic mass is 35.5. The first-order chi connectivity index (χ1) is 9.31. The van der Waals surface area contributed by atoms with Crippen LogP contribution in [0.25, 0.3) is 0 Å². The van der Waals surface area contributed by atoms with Crippen molar-refractivity contribution in [3.8, 4) is 0 Å². The average molecular weight is 299 g/mol. The SMILES string of the molecule is CCCNCc1cc(Cl)ccc1N1CCCSCC1. The molecular formula is C15H23ClN2S. The van der Waals surface area contributed by atoms with E-state index in [2.05, 4.69) is 41.0 Å². The lowest BCUT2D eigenvalue weighted by atomic mass is 10.1. The maximum Gasteiger partial charge on any atom is 0.0413 e.